The average molecular weight is 2080 g/mol. The Bertz CT molecular complexity index is 5210. The predicted molar refractivity (Wildman–Crippen MR) is 532 cm³/mol. The van der Waals surface area contributed by atoms with Crippen molar-refractivity contribution in [2.75, 3.05) is 147 Å². The molecule has 794 valence electrons. The quantitative estimate of drug-likeness (QED) is 0.0315. The molecular formula is C94H139N21O26S3. The Morgan fingerprint density at radius 1 is 0.521 bits per heavy atom. The molecule has 13 atom stereocenters. The van der Waals surface area contributed by atoms with Gasteiger partial charge in [-0.05, 0) is 109 Å². The number of Topliss-reactive ketones (excluding diaryl/α,β-unsaturated/α-hetero) is 2. The van der Waals surface area contributed by atoms with E-state index in [2.05, 4.69) is 73.8 Å². The fourth-order valence-electron chi connectivity index (χ4n) is 16.3. The van der Waals surface area contributed by atoms with Gasteiger partial charge in [0, 0.05) is 123 Å². The summed E-state index contributed by atoms with van der Waals surface area (Å²) in [6.07, 6.45) is -1.72. The van der Waals surface area contributed by atoms with Crippen molar-refractivity contribution in [2.45, 2.75) is 210 Å². The van der Waals surface area contributed by atoms with Crippen LogP contribution in [0.3, 0.4) is 0 Å². The second-order valence-corrected chi connectivity index (χ2v) is 40.5. The molecule has 2 aromatic carbocycles. The van der Waals surface area contributed by atoms with Crippen LogP contribution in [0.2, 0.25) is 0 Å². The molecule has 0 saturated carbocycles. The Morgan fingerprint density at radius 3 is 1.49 bits per heavy atom. The highest BCUT2D eigenvalue weighted by Gasteiger charge is 2.45. The molecule has 0 aliphatic carbocycles. The number of primary amides is 1. The van der Waals surface area contributed by atoms with Crippen LogP contribution in [0.5, 0.6) is 0 Å². The third-order valence-electron chi connectivity index (χ3n) is 25.2. The number of likely N-dealkylation sites (N-methyl/N-ethyl adjacent to an activating group) is 1. The number of ketones is 2. The van der Waals surface area contributed by atoms with Gasteiger partial charge in [-0.25, -0.2) is 0 Å². The molecule has 0 unspecified atom stereocenters. The van der Waals surface area contributed by atoms with Gasteiger partial charge in [0.2, 0.25) is 94.5 Å². The average Bonchev–Trinajstić information content (AvgIpc) is 1.59. The summed E-state index contributed by atoms with van der Waals surface area (Å²) in [5.41, 5.74) is 11.1. The smallest absolute Gasteiger partial charge is 0.305 e. The summed E-state index contributed by atoms with van der Waals surface area (Å²) >= 11 is 2.53. The summed E-state index contributed by atoms with van der Waals surface area (Å²) < 4.78 is 18.3. The Kier molecular flexibility index (Phi) is 46.1. The number of nitrogens with one attached hydrogen (secondary N) is 14. The number of carboxylic acids is 2. The molecule has 0 radical (unpaired) electrons. The minimum absolute atomic E-state index is 0.0199. The molecule has 4 aliphatic rings. The molecule has 47 nitrogen and oxygen atoms in total. The molecule has 16 amide bonds. The third-order valence-corrected chi connectivity index (χ3v) is 28.2. The van der Waals surface area contributed by atoms with Crippen molar-refractivity contribution in [1.29, 1.82) is 0 Å². The van der Waals surface area contributed by atoms with Gasteiger partial charge in [-0.15, -0.1) is 35.3 Å². The lowest BCUT2D eigenvalue weighted by Gasteiger charge is -2.36. The number of aromatic amines is 2. The number of aliphatic hydroxyl groups is 1. The minimum Gasteiger partial charge on any atom is -0.481 e. The molecule has 4 fully saturated rings. The number of amides is 16. The van der Waals surface area contributed by atoms with Crippen LogP contribution >= 0.6 is 35.3 Å². The number of rotatable bonds is 24. The van der Waals surface area contributed by atoms with Crippen LogP contribution in [0, 0.1) is 11.8 Å². The molecule has 4 aromatic rings. The first kappa shape index (κ1) is 117. The van der Waals surface area contributed by atoms with E-state index < -0.39 is 269 Å². The molecule has 50 heteroatoms. The van der Waals surface area contributed by atoms with Crippen molar-refractivity contribution in [3.63, 3.8) is 0 Å². The number of carbonyl (C=O) groups excluding carboxylic acids is 18. The summed E-state index contributed by atoms with van der Waals surface area (Å²) in [6, 6.07) is -6.21. The normalized spacial score (nSPS) is 24.1. The monoisotopic (exact) mass is 2070 g/mol. The third kappa shape index (κ3) is 35.2. The van der Waals surface area contributed by atoms with E-state index in [1.54, 1.807) is 89.5 Å². The van der Waals surface area contributed by atoms with Crippen LogP contribution in [0.15, 0.2) is 60.9 Å². The number of aliphatic hydroxyl groups excluding tert-OH is 1. The molecule has 0 spiro atoms. The highest BCUT2D eigenvalue weighted by molar-refractivity contribution is 8.00. The first-order valence-corrected chi connectivity index (χ1v) is 51.3. The lowest BCUT2D eigenvalue weighted by atomic mass is 9.92. The number of aliphatic carboxylic acids is 2. The number of fused-ring (bicyclic) bond motifs is 17. The van der Waals surface area contributed by atoms with Gasteiger partial charge in [-0.3, -0.25) is 106 Å². The molecule has 8 rings (SSSR count). The maximum Gasteiger partial charge on any atom is 0.305 e. The van der Waals surface area contributed by atoms with Crippen LogP contribution in [0.4, 0.5) is 0 Å². The number of nitrogens with zero attached hydrogens (tertiary/aromatic N) is 5. The van der Waals surface area contributed by atoms with E-state index in [1.165, 1.54) is 65.3 Å². The molecule has 6 heterocycles. The second kappa shape index (κ2) is 56.5. The fourth-order valence-corrected chi connectivity index (χ4v) is 19.1. The molecule has 4 aliphatic heterocycles. The summed E-state index contributed by atoms with van der Waals surface area (Å²) in [5.74, 6) is -23.5. The Balaban J connectivity index is 1.20. The lowest BCUT2D eigenvalue weighted by molar-refractivity contribution is -0.143. The van der Waals surface area contributed by atoms with E-state index in [1.807, 2.05) is 0 Å². The number of thioether (sulfide) groups is 3. The van der Waals surface area contributed by atoms with E-state index in [0.29, 0.717) is 39.4 Å². The van der Waals surface area contributed by atoms with Gasteiger partial charge in [-0.1, -0.05) is 64.1 Å². The van der Waals surface area contributed by atoms with Gasteiger partial charge in [0.25, 0.3) is 0 Å². The van der Waals surface area contributed by atoms with Gasteiger partial charge in [-0.2, -0.15) is 0 Å². The zero-order valence-corrected chi connectivity index (χ0v) is 85.4. The lowest BCUT2D eigenvalue weighted by Crippen LogP contribution is -2.63. The van der Waals surface area contributed by atoms with Crippen LogP contribution in [-0.4, -0.2) is 404 Å². The highest BCUT2D eigenvalue weighted by atomic mass is 32.2. The number of aromatic nitrogens is 2. The summed E-state index contributed by atoms with van der Waals surface area (Å²) in [7, 11) is 1.57. The molecule has 144 heavy (non-hydrogen) atoms. The number of ether oxygens (including phenoxy) is 3. The van der Waals surface area contributed by atoms with E-state index in [4.69, 9.17) is 25.7 Å². The number of benzene rings is 2. The van der Waals surface area contributed by atoms with Crippen molar-refractivity contribution >= 4 is 175 Å². The summed E-state index contributed by atoms with van der Waals surface area (Å²) in [6.45, 7) is 12.1. The van der Waals surface area contributed by atoms with Crippen molar-refractivity contribution in [1.82, 2.24) is 98.3 Å². The van der Waals surface area contributed by atoms with Gasteiger partial charge in [0.15, 0.2) is 11.6 Å². The Hall–Kier alpha value is -11.9. The zero-order valence-electron chi connectivity index (χ0n) is 83.0. The first-order chi connectivity index (χ1) is 68.2. The molecular weight excluding hydrogens is 1940 g/mol. The molecule has 21 N–H and O–H groups in total. The minimum atomic E-state index is -2.07. The number of carboxylic acid groups (broad SMARTS) is 2. The first-order valence-electron chi connectivity index (χ1n) is 47.9. The van der Waals surface area contributed by atoms with Crippen LogP contribution in [-0.2, 0) is 123 Å². The Labute approximate surface area is 846 Å². The van der Waals surface area contributed by atoms with E-state index >= 15 is 19.2 Å². The number of carbonyl (C=O) groups is 20. The number of nitrogens with two attached hydrogens (primary N) is 2. The van der Waals surface area contributed by atoms with Gasteiger partial charge < -0.3 is 129 Å². The zero-order chi connectivity index (χ0) is 106. The number of hydrogen-bond donors (Lipinski definition) is 19. The fraction of sp³-hybridized carbons (Fsp3) is 0.617. The second-order valence-electron chi connectivity index (χ2n) is 37.5. The number of H-pyrrole nitrogens is 2. The van der Waals surface area contributed by atoms with Crippen molar-refractivity contribution in [3.05, 3.63) is 72.1 Å². The highest BCUT2D eigenvalue weighted by Crippen LogP contribution is 2.27. The van der Waals surface area contributed by atoms with Crippen molar-refractivity contribution < 1.29 is 125 Å². The van der Waals surface area contributed by atoms with Crippen molar-refractivity contribution in [3.8, 4) is 0 Å². The van der Waals surface area contributed by atoms with Crippen LogP contribution < -0.4 is 75.3 Å². The molecule has 4 saturated heterocycles. The summed E-state index contributed by atoms with van der Waals surface area (Å²) in [4.78, 5) is 302. The van der Waals surface area contributed by atoms with Gasteiger partial charge >= 0.3 is 11.9 Å². The molecule has 2 aromatic heterocycles. The van der Waals surface area contributed by atoms with Gasteiger partial charge in [0.05, 0.1) is 99.6 Å². The van der Waals surface area contributed by atoms with E-state index in [-0.39, 0.29) is 135 Å². The van der Waals surface area contributed by atoms with E-state index in [9.17, 15) is 92.0 Å². The number of hydrogen-bond acceptors (Lipinski definition) is 30. The Morgan fingerprint density at radius 2 is 0.993 bits per heavy atom. The van der Waals surface area contributed by atoms with Crippen LogP contribution in [0.1, 0.15) is 119 Å². The number of para-hydroxylation sites is 2. The predicted octanol–water partition coefficient (Wildman–Crippen LogP) is -4.36. The standard InChI is InChI=1S/C94H139N21O26S3/c1-52(2)78-90(136)103-65(41-77(125)126)83(129)99-44-72(119)100-63(39-56-42-97-60-19-14-12-17-58(56)60)85(131)108-79(53(3)4)92(138)115-26-16-21-69(115)89(135)104-66(81(96)127)46-142-49-73(120)112-27-33-139-35-29-113-30-36-141-38-32-114(31-37-140-34-28-112)75(122)51-144-48-68(105-82(128)54(5)110-93(7,8)71(118)45-111(11)94(9,10)70(117)24-25-95)88(134)109-80(55(6)116)91(137)101-62(22-23-76(123)124)84(130)106-67(47-143-50-74(113)121)87(133)102-64(86(132)107-78)40-57-43-98-61-20-15-13-18-59(57)61/h12-15,17-20,42-43,52-55,62-69,78-80,97-98,110,116H,16,21-41,44-51,95H2,1-11H3,(H2,96,127)(H,99,129)(H,100,119)(H,101,137)(H,102,133)(H,103,136)(H,104,135)(H,105,128)(H,106,130)(H,107,132)(H,108,131)(H,109,134)(H,123,124)(H,125,126)/t54-,55+,62-,63-,64-,65-,66-,67+,68-,69-,78-,79-,80-/m0/s1. The van der Waals surface area contributed by atoms with Gasteiger partial charge in [0.1, 0.15) is 66.5 Å². The maximum absolute atomic E-state index is 15.7. The summed E-state index contributed by atoms with van der Waals surface area (Å²) in [5, 5.41) is 64.0. The van der Waals surface area contributed by atoms with Crippen molar-refractivity contribution in [2.24, 2.45) is 23.3 Å². The molecule has 4 bridgehead atoms. The SMILES string of the molecule is CC(C)[C@@H]1NC(=O)[C@H](Cc2c[nH]c3ccccc23)NC(=O)[C@H]2CSCC(=O)N3CCOCCN(CCOCCN(CCOCC3)C(=O)CSC[C@H](NC(=O)[C@H](C)NC(C)(C)C(=O)CN(C)C(C)(C)C(=O)CCN)C(=O)N[C@@H]([C@@H](C)O)C(=O)N[C@@H](CCC(=O)O)C(=O)N2)C(=O)CSC[C@@H](C(N)=O)NC(=O)[C@@H]2CCCN2C(=O)[C@H](C(C)C)NC(=O)[C@H](Cc2c[nH]c3ccccc23)NC(=O)CNC(=O)[C@H](CC(=O)O)NC1=O. The van der Waals surface area contributed by atoms with Crippen LogP contribution in [0.25, 0.3) is 21.8 Å². The topological polar surface area (TPSA) is 674 Å². The maximum atomic E-state index is 15.7. The largest absolute Gasteiger partial charge is 0.481 e. The van der Waals surface area contributed by atoms with E-state index in [0.717, 1.165) is 42.2 Å².